The van der Waals surface area contributed by atoms with E-state index in [4.69, 9.17) is 0 Å². The van der Waals surface area contributed by atoms with Crippen LogP contribution in [0.2, 0.25) is 0 Å². The average molecular weight is 383 g/mol. The van der Waals surface area contributed by atoms with E-state index >= 15 is 0 Å². The van der Waals surface area contributed by atoms with Crippen LogP contribution in [0.25, 0.3) is 0 Å². The van der Waals surface area contributed by atoms with E-state index in [1.54, 1.807) is 0 Å². The van der Waals surface area contributed by atoms with Crippen LogP contribution in [0.3, 0.4) is 0 Å². The summed E-state index contributed by atoms with van der Waals surface area (Å²) in [5.74, 6) is 1.33. The monoisotopic (exact) mass is 382 g/mol. The third kappa shape index (κ3) is 3.92. The molecule has 0 unspecified atom stereocenters. The van der Waals surface area contributed by atoms with Gasteiger partial charge in [-0.2, -0.15) is 4.98 Å². The van der Waals surface area contributed by atoms with Crippen molar-refractivity contribution in [2.24, 2.45) is 0 Å². The summed E-state index contributed by atoms with van der Waals surface area (Å²) >= 11 is 3.53. The molecule has 0 aliphatic heterocycles. The number of hydrogen-bond donors (Lipinski definition) is 2. The number of halogens is 1. The van der Waals surface area contributed by atoms with E-state index in [9.17, 15) is 0 Å². The largest absolute Gasteiger partial charge is 0.340 e. The Bertz CT molecular complexity index is 877. The quantitative estimate of drug-likeness (QED) is 0.611. The Balaban J connectivity index is 1.89. The number of aryl methyl sites for hydroxylation is 3. The summed E-state index contributed by atoms with van der Waals surface area (Å²) in [5.41, 5.74) is 5.27. The first-order chi connectivity index (χ1) is 11.5. The zero-order chi connectivity index (χ0) is 17.1. The van der Waals surface area contributed by atoms with Crippen molar-refractivity contribution in [1.29, 1.82) is 0 Å². The number of hydrogen-bond acceptors (Lipinski definition) is 4. The van der Waals surface area contributed by atoms with Gasteiger partial charge in [0, 0.05) is 21.9 Å². The SMILES string of the molecule is Cc1ccc(C)c(Nc2cc(C)nc(Nc3ccccc3Br)n2)c1. The van der Waals surface area contributed by atoms with Crippen LogP contribution < -0.4 is 10.6 Å². The Morgan fingerprint density at radius 1 is 0.833 bits per heavy atom. The van der Waals surface area contributed by atoms with E-state index < -0.39 is 0 Å². The summed E-state index contributed by atoms with van der Waals surface area (Å²) < 4.78 is 0.971. The predicted molar refractivity (Wildman–Crippen MR) is 103 cm³/mol. The van der Waals surface area contributed by atoms with Gasteiger partial charge in [-0.1, -0.05) is 24.3 Å². The minimum absolute atomic E-state index is 0.565. The molecule has 0 saturated heterocycles. The number of nitrogens with zero attached hydrogens (tertiary/aromatic N) is 2. The maximum atomic E-state index is 4.58. The fourth-order valence-corrected chi connectivity index (χ4v) is 2.76. The zero-order valence-electron chi connectivity index (χ0n) is 13.9. The first-order valence-electron chi connectivity index (χ1n) is 7.73. The summed E-state index contributed by atoms with van der Waals surface area (Å²) in [6.07, 6.45) is 0. The lowest BCUT2D eigenvalue weighted by atomic mass is 10.1. The highest BCUT2D eigenvalue weighted by Gasteiger charge is 2.06. The van der Waals surface area contributed by atoms with Gasteiger partial charge >= 0.3 is 0 Å². The summed E-state index contributed by atoms with van der Waals surface area (Å²) in [4.78, 5) is 9.05. The molecular weight excluding hydrogens is 364 g/mol. The van der Waals surface area contributed by atoms with Crippen LogP contribution in [-0.4, -0.2) is 9.97 Å². The summed E-state index contributed by atoms with van der Waals surface area (Å²) in [7, 11) is 0. The molecule has 0 bridgehead atoms. The molecule has 24 heavy (non-hydrogen) atoms. The second-order valence-corrected chi connectivity index (χ2v) is 6.62. The zero-order valence-corrected chi connectivity index (χ0v) is 15.5. The van der Waals surface area contributed by atoms with Gasteiger partial charge in [0.05, 0.1) is 5.69 Å². The number of rotatable bonds is 4. The Hall–Kier alpha value is -2.40. The molecule has 2 N–H and O–H groups in total. The topological polar surface area (TPSA) is 49.8 Å². The minimum atomic E-state index is 0.565. The van der Waals surface area contributed by atoms with Crippen molar-refractivity contribution >= 4 is 39.1 Å². The first-order valence-corrected chi connectivity index (χ1v) is 8.52. The minimum Gasteiger partial charge on any atom is -0.340 e. The Morgan fingerprint density at radius 2 is 1.62 bits per heavy atom. The van der Waals surface area contributed by atoms with E-state index in [1.165, 1.54) is 11.1 Å². The van der Waals surface area contributed by atoms with Crippen LogP contribution in [0.5, 0.6) is 0 Å². The van der Waals surface area contributed by atoms with E-state index in [-0.39, 0.29) is 0 Å². The average Bonchev–Trinajstić information content (AvgIpc) is 2.53. The molecule has 2 aromatic carbocycles. The molecule has 0 aliphatic carbocycles. The smallest absolute Gasteiger partial charge is 0.229 e. The molecule has 5 heteroatoms. The third-order valence-corrected chi connectivity index (χ3v) is 4.32. The van der Waals surface area contributed by atoms with Gasteiger partial charge in [0.25, 0.3) is 0 Å². The van der Waals surface area contributed by atoms with E-state index in [2.05, 4.69) is 68.6 Å². The maximum absolute atomic E-state index is 4.58. The van der Waals surface area contributed by atoms with Gasteiger partial charge in [0.2, 0.25) is 5.95 Å². The fourth-order valence-electron chi connectivity index (χ4n) is 2.38. The maximum Gasteiger partial charge on any atom is 0.229 e. The standard InChI is InChI=1S/C19H19BrN4/c1-12-8-9-13(2)17(10-12)22-18-11-14(3)21-19(24-18)23-16-7-5-4-6-15(16)20/h4-11H,1-3H3,(H2,21,22,23,24). The van der Waals surface area contributed by atoms with Crippen molar-refractivity contribution in [3.05, 3.63) is 69.8 Å². The van der Waals surface area contributed by atoms with Gasteiger partial charge in [-0.15, -0.1) is 0 Å². The fraction of sp³-hybridized carbons (Fsp3) is 0.158. The van der Waals surface area contributed by atoms with Gasteiger partial charge in [-0.25, -0.2) is 4.98 Å². The van der Waals surface area contributed by atoms with Crippen molar-refractivity contribution in [3.8, 4) is 0 Å². The van der Waals surface area contributed by atoms with Gasteiger partial charge in [0.1, 0.15) is 5.82 Å². The van der Waals surface area contributed by atoms with Crippen molar-refractivity contribution in [2.45, 2.75) is 20.8 Å². The van der Waals surface area contributed by atoms with Crippen molar-refractivity contribution in [1.82, 2.24) is 9.97 Å². The molecule has 0 spiro atoms. The van der Waals surface area contributed by atoms with Gasteiger partial charge in [0.15, 0.2) is 0 Å². The van der Waals surface area contributed by atoms with Crippen LogP contribution in [0, 0.1) is 20.8 Å². The molecule has 4 nitrogen and oxygen atoms in total. The van der Waals surface area contributed by atoms with Gasteiger partial charge in [-0.05, 0) is 66.0 Å². The Morgan fingerprint density at radius 3 is 2.42 bits per heavy atom. The third-order valence-electron chi connectivity index (χ3n) is 3.63. The van der Waals surface area contributed by atoms with E-state index in [0.717, 1.165) is 27.4 Å². The van der Waals surface area contributed by atoms with Crippen molar-refractivity contribution in [3.63, 3.8) is 0 Å². The number of benzene rings is 2. The first kappa shape index (κ1) is 16.5. The second kappa shape index (κ2) is 7.01. The molecule has 1 heterocycles. The summed E-state index contributed by atoms with van der Waals surface area (Å²) in [6, 6.07) is 16.2. The Kier molecular flexibility index (Phi) is 4.81. The normalized spacial score (nSPS) is 10.5. The van der Waals surface area contributed by atoms with Crippen LogP contribution in [0.15, 0.2) is 53.0 Å². The predicted octanol–water partition coefficient (Wildman–Crippen LogP) is 5.65. The highest BCUT2D eigenvalue weighted by molar-refractivity contribution is 9.10. The van der Waals surface area contributed by atoms with Crippen LogP contribution >= 0.6 is 15.9 Å². The number of aromatic nitrogens is 2. The second-order valence-electron chi connectivity index (χ2n) is 5.77. The molecule has 0 radical (unpaired) electrons. The van der Waals surface area contributed by atoms with Crippen molar-refractivity contribution < 1.29 is 0 Å². The lowest BCUT2D eigenvalue weighted by molar-refractivity contribution is 1.11. The molecule has 0 saturated carbocycles. The lowest BCUT2D eigenvalue weighted by Crippen LogP contribution is -2.03. The van der Waals surface area contributed by atoms with Crippen LogP contribution in [-0.2, 0) is 0 Å². The number of nitrogens with one attached hydrogen (secondary N) is 2. The van der Waals surface area contributed by atoms with E-state index in [0.29, 0.717) is 5.95 Å². The lowest BCUT2D eigenvalue weighted by Gasteiger charge is -2.13. The highest BCUT2D eigenvalue weighted by atomic mass is 79.9. The number of anilines is 4. The van der Waals surface area contributed by atoms with Crippen LogP contribution in [0.4, 0.5) is 23.1 Å². The molecule has 3 aromatic rings. The molecule has 122 valence electrons. The molecule has 0 amide bonds. The van der Waals surface area contributed by atoms with E-state index in [1.807, 2.05) is 37.3 Å². The number of para-hydroxylation sites is 1. The Labute approximate surface area is 150 Å². The molecule has 0 atom stereocenters. The van der Waals surface area contributed by atoms with Gasteiger partial charge in [-0.3, -0.25) is 0 Å². The molecule has 0 aliphatic rings. The molecular formula is C19H19BrN4. The highest BCUT2D eigenvalue weighted by Crippen LogP contribution is 2.26. The van der Waals surface area contributed by atoms with Crippen molar-refractivity contribution in [2.75, 3.05) is 10.6 Å². The summed E-state index contributed by atoms with van der Waals surface area (Å²) in [5, 5.41) is 6.65. The molecule has 1 aromatic heterocycles. The summed E-state index contributed by atoms with van der Waals surface area (Å²) in [6.45, 7) is 6.12. The van der Waals surface area contributed by atoms with Gasteiger partial charge < -0.3 is 10.6 Å². The van der Waals surface area contributed by atoms with Crippen LogP contribution in [0.1, 0.15) is 16.8 Å². The molecule has 0 fully saturated rings. The molecule has 3 rings (SSSR count).